The smallest absolute Gasteiger partial charge is 0.367 e. The second-order valence-corrected chi connectivity index (χ2v) is 10.2. The van der Waals surface area contributed by atoms with E-state index in [9.17, 15) is 8.42 Å². The van der Waals surface area contributed by atoms with Gasteiger partial charge in [-0.2, -0.15) is 8.42 Å². The van der Waals surface area contributed by atoms with Crippen LogP contribution in [0.1, 0.15) is 36.8 Å². The summed E-state index contributed by atoms with van der Waals surface area (Å²) in [6.07, 6.45) is 4.54. The van der Waals surface area contributed by atoms with Crippen molar-refractivity contribution in [3.05, 3.63) is 53.6 Å². The van der Waals surface area contributed by atoms with Crippen LogP contribution in [0, 0.1) is 0 Å². The molecule has 1 saturated heterocycles. The molecule has 0 aromatic heterocycles. The molecule has 0 spiro atoms. The molecule has 1 fully saturated rings. The largest absolute Gasteiger partial charge is 0.494 e. The van der Waals surface area contributed by atoms with Crippen LogP contribution < -0.4 is 24.8 Å². The number of piperidine rings is 1. The van der Waals surface area contributed by atoms with Crippen LogP contribution >= 0.6 is 0 Å². The Bertz CT molecular complexity index is 1230. The molecule has 2 aromatic carbocycles. The fourth-order valence-electron chi connectivity index (χ4n) is 4.32. The van der Waals surface area contributed by atoms with Gasteiger partial charge >= 0.3 is 10.2 Å². The number of benzene rings is 2. The van der Waals surface area contributed by atoms with Gasteiger partial charge in [0.15, 0.2) is 23.2 Å². The normalized spacial score (nSPS) is 17.0. The maximum Gasteiger partial charge on any atom is 0.367 e. The lowest BCUT2D eigenvalue weighted by Gasteiger charge is -2.26. The second kappa shape index (κ2) is 12.8. The summed E-state index contributed by atoms with van der Waals surface area (Å²) in [6, 6.07) is 13.7. The highest BCUT2D eigenvalue weighted by Gasteiger charge is 2.24. The number of nitrogens with one attached hydrogen (secondary N) is 2. The van der Waals surface area contributed by atoms with Gasteiger partial charge in [0.1, 0.15) is 5.75 Å². The number of ether oxygens (including phenoxy) is 3. The molecule has 200 valence electrons. The third kappa shape index (κ3) is 7.83. The van der Waals surface area contributed by atoms with E-state index >= 15 is 0 Å². The molecule has 4 rings (SSSR count). The fraction of sp³-hybridized carbons (Fsp3) is 0.462. The number of likely N-dealkylation sites (tertiary alicyclic amines) is 1. The monoisotopic (exact) mass is 529 g/mol. The lowest BCUT2D eigenvalue weighted by Crippen LogP contribution is -2.38. The first kappa shape index (κ1) is 26.7. The molecule has 2 heterocycles. The van der Waals surface area contributed by atoms with Gasteiger partial charge in [-0.15, -0.1) is 8.80 Å². The molecule has 0 aliphatic carbocycles. The van der Waals surface area contributed by atoms with Gasteiger partial charge in [-0.05, 0) is 67.7 Å². The van der Waals surface area contributed by atoms with E-state index in [4.69, 9.17) is 14.2 Å². The van der Waals surface area contributed by atoms with Crippen molar-refractivity contribution in [2.24, 2.45) is 8.80 Å². The SMILES string of the molecule is COc1ccc(CNC2=NS(=O)(=O)N=C2NCCCOc2cccc(CN3CCCCC3)c2)cc1OC. The number of hydrogen-bond acceptors (Lipinski definition) is 8. The zero-order chi connectivity index (χ0) is 26.1. The van der Waals surface area contributed by atoms with E-state index in [0.717, 1.165) is 30.9 Å². The van der Waals surface area contributed by atoms with E-state index in [1.165, 1.54) is 24.8 Å². The van der Waals surface area contributed by atoms with E-state index in [0.29, 0.717) is 37.6 Å². The molecule has 2 aliphatic heterocycles. The van der Waals surface area contributed by atoms with E-state index in [1.807, 2.05) is 24.3 Å². The van der Waals surface area contributed by atoms with E-state index in [-0.39, 0.29) is 11.7 Å². The van der Waals surface area contributed by atoms with Crippen LogP contribution in [-0.4, -0.2) is 65.4 Å². The minimum atomic E-state index is -3.90. The molecular weight excluding hydrogens is 494 g/mol. The Labute approximate surface area is 218 Å². The number of hydrogen-bond donors (Lipinski definition) is 2. The molecule has 0 bridgehead atoms. The average Bonchev–Trinajstić information content (AvgIpc) is 3.21. The molecule has 10 nitrogen and oxygen atoms in total. The highest BCUT2D eigenvalue weighted by molar-refractivity contribution is 7.89. The number of nitrogens with zero attached hydrogens (tertiary/aromatic N) is 3. The number of rotatable bonds is 11. The van der Waals surface area contributed by atoms with Crippen molar-refractivity contribution in [1.82, 2.24) is 15.5 Å². The summed E-state index contributed by atoms with van der Waals surface area (Å²) in [5, 5.41) is 6.11. The summed E-state index contributed by atoms with van der Waals surface area (Å²) in [5.74, 6) is 2.43. The minimum absolute atomic E-state index is 0.182. The topological polar surface area (TPSA) is 114 Å². The summed E-state index contributed by atoms with van der Waals surface area (Å²) in [6.45, 7) is 4.58. The van der Waals surface area contributed by atoms with Gasteiger partial charge in [-0.1, -0.05) is 24.6 Å². The van der Waals surface area contributed by atoms with Crippen LogP contribution in [0.2, 0.25) is 0 Å². The van der Waals surface area contributed by atoms with Crippen LogP contribution in [0.15, 0.2) is 51.3 Å². The maximum absolute atomic E-state index is 12.0. The third-order valence-corrected chi connectivity index (χ3v) is 7.01. The Morgan fingerprint density at radius 2 is 1.65 bits per heavy atom. The van der Waals surface area contributed by atoms with Crippen molar-refractivity contribution in [1.29, 1.82) is 0 Å². The summed E-state index contributed by atoms with van der Waals surface area (Å²) in [4.78, 5) is 2.49. The minimum Gasteiger partial charge on any atom is -0.494 e. The van der Waals surface area contributed by atoms with Crippen LogP contribution in [0.3, 0.4) is 0 Å². The number of methoxy groups -OCH3 is 2. The van der Waals surface area contributed by atoms with Crippen molar-refractivity contribution in [2.75, 3.05) is 40.5 Å². The predicted molar refractivity (Wildman–Crippen MR) is 144 cm³/mol. The van der Waals surface area contributed by atoms with E-state index < -0.39 is 10.2 Å². The Morgan fingerprint density at radius 1 is 0.892 bits per heavy atom. The predicted octanol–water partition coefficient (Wildman–Crippen LogP) is 2.89. The summed E-state index contributed by atoms with van der Waals surface area (Å²) in [7, 11) is -0.771. The second-order valence-electron chi connectivity index (χ2n) is 8.98. The van der Waals surface area contributed by atoms with Gasteiger partial charge in [0.2, 0.25) is 0 Å². The van der Waals surface area contributed by atoms with Crippen molar-refractivity contribution in [2.45, 2.75) is 38.8 Å². The van der Waals surface area contributed by atoms with E-state index in [2.05, 4.69) is 36.5 Å². The van der Waals surface area contributed by atoms with Crippen molar-refractivity contribution < 1.29 is 22.6 Å². The molecule has 2 N–H and O–H groups in total. The fourth-order valence-corrected chi connectivity index (χ4v) is 5.13. The molecule has 0 atom stereocenters. The van der Waals surface area contributed by atoms with Crippen LogP contribution in [0.25, 0.3) is 0 Å². The molecule has 11 heteroatoms. The molecule has 0 amide bonds. The Balaban J connectivity index is 1.23. The first-order valence-electron chi connectivity index (χ1n) is 12.5. The molecule has 2 aromatic rings. The van der Waals surface area contributed by atoms with Gasteiger partial charge in [0.25, 0.3) is 0 Å². The zero-order valence-corrected chi connectivity index (χ0v) is 22.2. The Hall–Kier alpha value is -3.31. The zero-order valence-electron chi connectivity index (χ0n) is 21.4. The highest BCUT2D eigenvalue weighted by atomic mass is 32.2. The summed E-state index contributed by atoms with van der Waals surface area (Å²) in [5.41, 5.74) is 2.13. The molecule has 0 saturated carbocycles. The van der Waals surface area contributed by atoms with Crippen molar-refractivity contribution >= 4 is 21.9 Å². The van der Waals surface area contributed by atoms with Gasteiger partial charge in [0, 0.05) is 19.6 Å². The number of amidine groups is 2. The van der Waals surface area contributed by atoms with Gasteiger partial charge in [-0.3, -0.25) is 4.90 Å². The highest BCUT2D eigenvalue weighted by Crippen LogP contribution is 2.27. The third-order valence-electron chi connectivity index (χ3n) is 6.18. The Morgan fingerprint density at radius 3 is 2.41 bits per heavy atom. The maximum atomic E-state index is 12.0. The van der Waals surface area contributed by atoms with Gasteiger partial charge < -0.3 is 24.8 Å². The lowest BCUT2D eigenvalue weighted by molar-refractivity contribution is 0.220. The van der Waals surface area contributed by atoms with Crippen molar-refractivity contribution in [3.8, 4) is 17.2 Å². The quantitative estimate of drug-likeness (QED) is 0.427. The molecule has 0 radical (unpaired) electrons. The van der Waals surface area contributed by atoms with Crippen LogP contribution in [0.5, 0.6) is 17.2 Å². The molecule has 2 aliphatic rings. The molecule has 37 heavy (non-hydrogen) atoms. The summed E-state index contributed by atoms with van der Waals surface area (Å²) >= 11 is 0. The summed E-state index contributed by atoms with van der Waals surface area (Å²) < 4.78 is 47.9. The molecular formula is C26H35N5O5S. The Kier molecular flexibility index (Phi) is 9.24. The van der Waals surface area contributed by atoms with Crippen LogP contribution in [0.4, 0.5) is 0 Å². The van der Waals surface area contributed by atoms with Crippen molar-refractivity contribution in [3.63, 3.8) is 0 Å². The first-order chi connectivity index (χ1) is 18.0. The van der Waals surface area contributed by atoms with E-state index in [1.54, 1.807) is 20.3 Å². The standard InChI is InChI=1S/C26H35N5O5S/c1-34-23-11-10-20(17-24(23)35-2)18-28-26-25(29-37(32,33)30-26)27-12-7-15-36-22-9-6-8-21(16-22)19-31-13-4-3-5-14-31/h6,8-11,16-17H,3-5,7,12-15,18-19H2,1-2H3,(H,27,29)(H,28,30). The first-order valence-corrected chi connectivity index (χ1v) is 13.9. The lowest BCUT2D eigenvalue weighted by atomic mass is 10.1. The molecule has 0 unspecified atom stereocenters. The van der Waals surface area contributed by atoms with Gasteiger partial charge in [0.05, 0.1) is 20.8 Å². The average molecular weight is 530 g/mol. The van der Waals surface area contributed by atoms with Crippen LogP contribution in [-0.2, 0) is 23.3 Å². The van der Waals surface area contributed by atoms with Gasteiger partial charge in [-0.25, -0.2) is 0 Å².